The number of benzene rings is 2. The van der Waals surface area contributed by atoms with E-state index in [1.54, 1.807) is 6.92 Å². The maximum absolute atomic E-state index is 13.2. The van der Waals surface area contributed by atoms with E-state index in [1.807, 2.05) is 53.4 Å². The molecule has 1 aromatic heterocycles. The van der Waals surface area contributed by atoms with E-state index in [0.717, 1.165) is 129 Å². The third kappa shape index (κ3) is 29.7. The van der Waals surface area contributed by atoms with E-state index in [4.69, 9.17) is 34.9 Å². The fourth-order valence-corrected chi connectivity index (χ4v) is 12.4. The van der Waals surface area contributed by atoms with Gasteiger partial charge < -0.3 is 59.0 Å². The second-order valence-electron chi connectivity index (χ2n) is 29.2. The molecule has 0 bridgehead atoms. The monoisotopic (exact) mass is 1340 g/mol. The number of aryl methyl sites for hydroxylation is 2. The Morgan fingerprint density at radius 3 is 2.02 bits per heavy atom. The number of hydrogen-bond donors (Lipinski definition) is 4. The Labute approximate surface area is 580 Å². The van der Waals surface area contributed by atoms with E-state index in [2.05, 4.69) is 121 Å². The van der Waals surface area contributed by atoms with Crippen LogP contribution in [0.1, 0.15) is 239 Å². The number of piperazine rings is 1. The van der Waals surface area contributed by atoms with Gasteiger partial charge in [-0.25, -0.2) is 4.98 Å². The van der Waals surface area contributed by atoms with Gasteiger partial charge in [0.15, 0.2) is 0 Å². The summed E-state index contributed by atoms with van der Waals surface area (Å²) in [6.07, 6.45) is 19.7. The zero-order valence-corrected chi connectivity index (χ0v) is 63.8. The number of carbonyl (C=O) groups excluding carboxylic acids is 2. The van der Waals surface area contributed by atoms with Gasteiger partial charge in [-0.3, -0.25) is 19.5 Å². The van der Waals surface area contributed by atoms with Gasteiger partial charge in [-0.1, -0.05) is 119 Å². The molecule has 0 saturated carbocycles. The molecule has 4 unspecified atom stereocenters. The van der Waals surface area contributed by atoms with Crippen LogP contribution >= 0.6 is 0 Å². The Hall–Kier alpha value is -3.37. The fraction of sp³-hybridized carbons (Fsp3) is 0.737. The number of nitrogens with two attached hydrogens (primary N) is 1. The van der Waals surface area contributed by atoms with Crippen LogP contribution in [0.3, 0.4) is 0 Å². The summed E-state index contributed by atoms with van der Waals surface area (Å²) in [6, 6.07) is 6.44. The van der Waals surface area contributed by atoms with E-state index in [0.29, 0.717) is 75.2 Å². The van der Waals surface area contributed by atoms with E-state index in [9.17, 15) is 9.59 Å². The zero-order valence-electron chi connectivity index (χ0n) is 61.0. The van der Waals surface area contributed by atoms with E-state index >= 15 is 0 Å². The number of aliphatic hydroxyl groups is 2. The number of pyridine rings is 1. The topological polar surface area (TPSA) is 181 Å². The fourth-order valence-electron chi connectivity index (χ4n) is 12.4. The van der Waals surface area contributed by atoms with Crippen molar-refractivity contribution in [2.24, 2.45) is 34.1 Å². The number of fused-ring (bicyclic) bond motifs is 2. The molecule has 2 aliphatic heterocycles. The third-order valence-corrected chi connectivity index (χ3v) is 18.9. The molecule has 2 aromatic carbocycles. The molecular formula is C76H130N6O8Y-2. The van der Waals surface area contributed by atoms with Gasteiger partial charge in [0.2, 0.25) is 11.8 Å². The first-order chi connectivity index (χ1) is 42.4. The second kappa shape index (κ2) is 41.6. The van der Waals surface area contributed by atoms with E-state index in [1.165, 1.54) is 73.6 Å². The molecule has 14 nitrogen and oxygen atoms in total. The van der Waals surface area contributed by atoms with Crippen molar-refractivity contribution in [2.45, 2.75) is 263 Å². The van der Waals surface area contributed by atoms with Crippen LogP contribution in [0.4, 0.5) is 11.5 Å². The average Bonchev–Trinajstić information content (AvgIpc) is 0.871. The van der Waals surface area contributed by atoms with Crippen molar-refractivity contribution in [3.63, 3.8) is 0 Å². The Morgan fingerprint density at radius 1 is 0.802 bits per heavy atom. The maximum atomic E-state index is 13.2. The van der Waals surface area contributed by atoms with Gasteiger partial charge in [0, 0.05) is 88.2 Å². The number of amides is 2. The van der Waals surface area contributed by atoms with Gasteiger partial charge in [-0.2, -0.15) is 6.92 Å². The molecule has 3 aromatic rings. The minimum absolute atomic E-state index is 0. The summed E-state index contributed by atoms with van der Waals surface area (Å²) in [6.45, 7) is 51.4. The van der Waals surface area contributed by atoms with Crippen molar-refractivity contribution < 1.29 is 71.5 Å². The number of anilines is 1. The van der Waals surface area contributed by atoms with Crippen LogP contribution in [0.2, 0.25) is 0 Å². The van der Waals surface area contributed by atoms with Crippen molar-refractivity contribution in [1.29, 1.82) is 0 Å². The standard InChI is InChI=1S/C65H105N6O6.C9H20O2.C2H5.Y/c1-45(2)21-16-22-47(5)23-17-24-48(6)25-18-32-65(15)33-30-55-52(10)60(49(7)50(8)61(55)77-65)74-40-20-27-57(72)67-44-64(13,14)76-42-34-63(11,12)75-41-31-58(73)71-38-36-70(37-39-71)35-19-26-53-28-29-54-51(9)59(68-46(3)4)62(66)69-56(54)43-53;1-4-8(2)5-9(3,6-10)7-11;1-2;/h28-29,43,45,47-48H,3,16-27,30-42,44H2,1-2,4-15H3,(H2,66,69)(H,67,72);8,10-11H,4-7H2,1-3H3;1H2,2H3;/q-1;;-1;. The van der Waals surface area contributed by atoms with Gasteiger partial charge in [0.1, 0.15) is 28.6 Å². The molecule has 15 heteroatoms. The summed E-state index contributed by atoms with van der Waals surface area (Å²) >= 11 is 0. The van der Waals surface area contributed by atoms with Crippen LogP contribution in [0.5, 0.6) is 11.5 Å². The van der Waals surface area contributed by atoms with Gasteiger partial charge in [-0.15, -0.1) is 5.71 Å². The molecule has 0 aliphatic carbocycles. The SMILES string of the molecule is CCC(C)CC(C)(CO)CO.[CH2-]C.[CH2-]C(C)=Nc1c(N)nc2cc(CCCN3CCN(C(=O)CCOC(C)(C)CCOC(C)(C)CNC(=O)CCCOc4c(C)c(C)c5c(c4C)CCC(C)(CCCC(C)CCCC(C)CCCC(C)C)O5)CC3)ccc2c1C.[Y]. The molecule has 2 amide bonds. The first kappa shape index (κ1) is 83.7. The number of ether oxygens (including phenoxy) is 4. The number of aliphatic hydroxyl groups excluding tert-OH is 2. The second-order valence-corrected chi connectivity index (χ2v) is 29.2. The number of rotatable bonds is 37. The zero-order chi connectivity index (χ0) is 67.4. The number of aliphatic imine (C=N–C) groups is 1. The molecule has 4 atom stereocenters. The molecule has 2 aliphatic rings. The molecular weight excluding hydrogens is 1210 g/mol. The normalized spacial score (nSPS) is 16.6. The predicted octanol–water partition coefficient (Wildman–Crippen LogP) is 16.2. The molecule has 91 heavy (non-hydrogen) atoms. The van der Waals surface area contributed by atoms with Crippen LogP contribution < -0.4 is 20.5 Å². The molecule has 0 spiro atoms. The van der Waals surface area contributed by atoms with Gasteiger partial charge >= 0.3 is 0 Å². The summed E-state index contributed by atoms with van der Waals surface area (Å²) in [4.78, 5) is 39.7. The molecule has 3 heterocycles. The molecule has 5 N–H and O–H groups in total. The summed E-state index contributed by atoms with van der Waals surface area (Å²) in [7, 11) is 0. The van der Waals surface area contributed by atoms with Crippen LogP contribution in [0.25, 0.3) is 10.9 Å². The quantitative estimate of drug-likeness (QED) is 0.0245. The van der Waals surface area contributed by atoms with Crippen LogP contribution in [-0.4, -0.2) is 132 Å². The first-order valence-electron chi connectivity index (χ1n) is 34.9. The van der Waals surface area contributed by atoms with Gasteiger partial charge in [-0.05, 0) is 184 Å². The van der Waals surface area contributed by atoms with Gasteiger partial charge in [0.05, 0.1) is 56.2 Å². The summed E-state index contributed by atoms with van der Waals surface area (Å²) in [5, 5.41) is 22.1. The smallest absolute Gasteiger partial charge is 0.224 e. The summed E-state index contributed by atoms with van der Waals surface area (Å²) in [5.41, 5.74) is 14.1. The molecule has 517 valence electrons. The molecule has 1 saturated heterocycles. The summed E-state index contributed by atoms with van der Waals surface area (Å²) < 4.78 is 25.8. The Morgan fingerprint density at radius 2 is 1.42 bits per heavy atom. The number of aromatic nitrogens is 1. The van der Waals surface area contributed by atoms with Crippen molar-refractivity contribution in [3.05, 3.63) is 65.4 Å². The van der Waals surface area contributed by atoms with Crippen LogP contribution in [0, 0.1) is 70.6 Å². The number of nitrogens with one attached hydrogen (secondary N) is 1. The van der Waals surface area contributed by atoms with Gasteiger partial charge in [0.25, 0.3) is 0 Å². The molecule has 5 rings (SSSR count). The predicted molar refractivity (Wildman–Crippen MR) is 378 cm³/mol. The Bertz CT molecular complexity index is 2640. The van der Waals surface area contributed by atoms with Crippen molar-refractivity contribution in [1.82, 2.24) is 20.1 Å². The molecule has 1 radical (unpaired) electrons. The molecule has 1 fully saturated rings. The number of nitrogens with zero attached hydrogens (tertiary/aromatic N) is 4. The van der Waals surface area contributed by atoms with Crippen LogP contribution in [-0.2, 0) is 64.6 Å². The number of hydrogen-bond acceptors (Lipinski definition) is 12. The average molecular weight is 1340 g/mol. The first-order valence-corrected chi connectivity index (χ1v) is 34.9. The van der Waals surface area contributed by atoms with Crippen molar-refractivity contribution >= 4 is 39.9 Å². The number of nitrogen functional groups attached to an aromatic ring is 1. The minimum Gasteiger partial charge on any atom is -0.493 e. The minimum atomic E-state index is -0.550. The Balaban J connectivity index is 0.00000182. The van der Waals surface area contributed by atoms with Crippen molar-refractivity contribution in [3.8, 4) is 11.5 Å². The third-order valence-electron chi connectivity index (χ3n) is 18.9. The van der Waals surface area contributed by atoms with Crippen LogP contribution in [0.15, 0.2) is 23.2 Å². The summed E-state index contributed by atoms with van der Waals surface area (Å²) in [5.74, 6) is 5.56. The maximum Gasteiger partial charge on any atom is 0.224 e. The van der Waals surface area contributed by atoms with Crippen molar-refractivity contribution in [2.75, 3.05) is 78.0 Å². The largest absolute Gasteiger partial charge is 0.493 e. The Kier molecular flexibility index (Phi) is 38.2. The number of carbonyl (C=O) groups is 2. The van der Waals surface area contributed by atoms with E-state index < -0.39 is 11.2 Å². The van der Waals surface area contributed by atoms with E-state index in [-0.39, 0.29) is 68.8 Å².